The molecule has 1 atom stereocenters. The van der Waals surface area contributed by atoms with Gasteiger partial charge in [0.25, 0.3) is 0 Å². The van der Waals surface area contributed by atoms with Crippen molar-refractivity contribution in [1.29, 1.82) is 0 Å². The van der Waals surface area contributed by atoms with Crippen molar-refractivity contribution in [3.63, 3.8) is 0 Å². The van der Waals surface area contributed by atoms with E-state index in [0.29, 0.717) is 11.1 Å². The highest BCUT2D eigenvalue weighted by Crippen LogP contribution is 2.39. The number of phenols is 1. The predicted octanol–water partition coefficient (Wildman–Crippen LogP) is 5.13. The van der Waals surface area contributed by atoms with Crippen LogP contribution in [0.2, 0.25) is 0 Å². The first-order chi connectivity index (χ1) is 10.2. The van der Waals surface area contributed by atoms with Crippen molar-refractivity contribution in [2.75, 3.05) is 0 Å². The van der Waals surface area contributed by atoms with Crippen LogP contribution in [-0.2, 0) is 4.74 Å². The number of ether oxygens (including phenoxy) is 1. The molecule has 1 aromatic rings. The summed E-state index contributed by atoms with van der Waals surface area (Å²) in [5.74, 6) is -0.117. The highest BCUT2D eigenvalue weighted by molar-refractivity contribution is 5.94. The van der Waals surface area contributed by atoms with Crippen molar-refractivity contribution in [3.8, 4) is 5.75 Å². The van der Waals surface area contributed by atoms with E-state index < -0.39 is 0 Å². The number of phenolic OH excluding ortho intramolecular Hbond substituents is 1. The van der Waals surface area contributed by atoms with Gasteiger partial charge in [-0.15, -0.1) is 0 Å². The highest BCUT2D eigenvalue weighted by Gasteiger charge is 2.32. The van der Waals surface area contributed by atoms with E-state index in [1.807, 2.05) is 0 Å². The van der Waals surface area contributed by atoms with Crippen molar-refractivity contribution < 1.29 is 14.6 Å². The Kier molecular flexibility index (Phi) is 6.09. The minimum Gasteiger partial charge on any atom is -0.508 e. The molecule has 0 amide bonds. The molecule has 1 N–H and O–H groups in total. The van der Waals surface area contributed by atoms with Gasteiger partial charge in [0.2, 0.25) is 0 Å². The SMILES string of the molecule is CCCCCCCCCCC1OC(=O)c2cccc(O)c21. The number of unbranched alkanes of at least 4 members (excludes halogenated alkanes) is 7. The van der Waals surface area contributed by atoms with Gasteiger partial charge in [-0.25, -0.2) is 4.79 Å². The first-order valence-corrected chi connectivity index (χ1v) is 8.27. The molecule has 1 aliphatic heterocycles. The number of aromatic hydroxyl groups is 1. The number of hydrogen-bond acceptors (Lipinski definition) is 3. The number of rotatable bonds is 9. The lowest BCUT2D eigenvalue weighted by molar-refractivity contribution is 0.0361. The Morgan fingerprint density at radius 3 is 2.43 bits per heavy atom. The van der Waals surface area contributed by atoms with E-state index in [2.05, 4.69) is 6.92 Å². The molecular weight excluding hydrogens is 264 g/mol. The third-order valence-electron chi connectivity index (χ3n) is 4.19. The maximum absolute atomic E-state index is 11.7. The maximum Gasteiger partial charge on any atom is 0.339 e. The summed E-state index contributed by atoms with van der Waals surface area (Å²) in [6.45, 7) is 2.23. The molecule has 0 aliphatic carbocycles. The molecular formula is C18H26O3. The van der Waals surface area contributed by atoms with Gasteiger partial charge < -0.3 is 9.84 Å². The maximum atomic E-state index is 11.7. The van der Waals surface area contributed by atoms with E-state index >= 15 is 0 Å². The van der Waals surface area contributed by atoms with Gasteiger partial charge in [0.05, 0.1) is 5.56 Å². The Morgan fingerprint density at radius 2 is 1.71 bits per heavy atom. The minimum atomic E-state index is -0.300. The lowest BCUT2D eigenvalue weighted by Gasteiger charge is -2.11. The summed E-state index contributed by atoms with van der Waals surface area (Å²) in [5.41, 5.74) is 1.21. The van der Waals surface area contributed by atoms with E-state index in [1.54, 1.807) is 18.2 Å². The van der Waals surface area contributed by atoms with E-state index in [4.69, 9.17) is 4.74 Å². The Balaban J connectivity index is 1.70. The molecule has 0 saturated heterocycles. The van der Waals surface area contributed by atoms with Crippen molar-refractivity contribution >= 4 is 5.97 Å². The number of hydrogen-bond donors (Lipinski definition) is 1. The Labute approximate surface area is 127 Å². The zero-order valence-electron chi connectivity index (χ0n) is 12.9. The van der Waals surface area contributed by atoms with Crippen LogP contribution in [0.4, 0.5) is 0 Å². The first-order valence-electron chi connectivity index (χ1n) is 8.27. The van der Waals surface area contributed by atoms with Crippen LogP contribution in [-0.4, -0.2) is 11.1 Å². The molecule has 3 heteroatoms. The normalized spacial score (nSPS) is 16.8. The van der Waals surface area contributed by atoms with Crippen LogP contribution < -0.4 is 0 Å². The third-order valence-corrected chi connectivity index (χ3v) is 4.19. The average molecular weight is 290 g/mol. The van der Waals surface area contributed by atoms with E-state index in [9.17, 15) is 9.90 Å². The van der Waals surface area contributed by atoms with Crippen molar-refractivity contribution in [3.05, 3.63) is 29.3 Å². The van der Waals surface area contributed by atoms with Crippen molar-refractivity contribution in [2.45, 2.75) is 70.8 Å². The molecule has 0 aromatic heterocycles. The van der Waals surface area contributed by atoms with Crippen LogP contribution >= 0.6 is 0 Å². The molecule has 0 saturated carbocycles. The zero-order valence-corrected chi connectivity index (χ0v) is 12.9. The summed E-state index contributed by atoms with van der Waals surface area (Å²) in [4.78, 5) is 11.7. The van der Waals surface area contributed by atoms with Gasteiger partial charge in [-0.3, -0.25) is 0 Å². The fraction of sp³-hybridized carbons (Fsp3) is 0.611. The smallest absolute Gasteiger partial charge is 0.339 e. The van der Waals surface area contributed by atoms with Gasteiger partial charge >= 0.3 is 5.97 Å². The summed E-state index contributed by atoms with van der Waals surface area (Å²) in [5, 5.41) is 9.91. The number of benzene rings is 1. The molecule has 1 aliphatic rings. The third kappa shape index (κ3) is 4.23. The van der Waals surface area contributed by atoms with E-state index in [1.165, 1.54) is 44.9 Å². The first kappa shape index (κ1) is 15.9. The van der Waals surface area contributed by atoms with Crippen LogP contribution in [0.5, 0.6) is 5.75 Å². The molecule has 0 radical (unpaired) electrons. The molecule has 21 heavy (non-hydrogen) atoms. The number of cyclic esters (lactones) is 1. The highest BCUT2D eigenvalue weighted by atomic mass is 16.5. The summed E-state index contributed by atoms with van der Waals surface area (Å²) in [6.07, 6.45) is 10.6. The molecule has 116 valence electrons. The Bertz CT molecular complexity index is 468. The lowest BCUT2D eigenvalue weighted by atomic mass is 9.99. The number of carbonyl (C=O) groups is 1. The molecule has 2 rings (SSSR count). The number of esters is 1. The van der Waals surface area contributed by atoms with Crippen LogP contribution in [0.25, 0.3) is 0 Å². The standard InChI is InChI=1S/C18H26O3/c1-2-3-4-5-6-7-8-9-13-16-17-14(18(20)21-16)11-10-12-15(17)19/h10-12,16,19H,2-9,13H2,1H3. The lowest BCUT2D eigenvalue weighted by Crippen LogP contribution is -1.98. The second kappa shape index (κ2) is 8.06. The largest absolute Gasteiger partial charge is 0.508 e. The molecule has 1 aromatic carbocycles. The van der Waals surface area contributed by atoms with Gasteiger partial charge in [-0.1, -0.05) is 57.9 Å². The second-order valence-corrected chi connectivity index (χ2v) is 5.90. The quantitative estimate of drug-likeness (QED) is 0.506. The van der Waals surface area contributed by atoms with Gasteiger partial charge in [0.1, 0.15) is 11.9 Å². The topological polar surface area (TPSA) is 46.5 Å². The van der Waals surface area contributed by atoms with E-state index in [-0.39, 0.29) is 17.8 Å². The summed E-state index contributed by atoms with van der Waals surface area (Å²) in [7, 11) is 0. The summed E-state index contributed by atoms with van der Waals surface area (Å²) in [6, 6.07) is 5.04. The molecule has 0 bridgehead atoms. The van der Waals surface area contributed by atoms with Crippen LogP contribution in [0, 0.1) is 0 Å². The predicted molar refractivity (Wildman–Crippen MR) is 83.5 cm³/mol. The van der Waals surface area contributed by atoms with E-state index in [0.717, 1.165) is 12.8 Å². The second-order valence-electron chi connectivity index (χ2n) is 5.90. The average Bonchev–Trinajstić information content (AvgIpc) is 2.80. The molecule has 3 nitrogen and oxygen atoms in total. The van der Waals surface area contributed by atoms with Gasteiger partial charge in [-0.2, -0.15) is 0 Å². The fourth-order valence-corrected chi connectivity index (χ4v) is 2.99. The van der Waals surface area contributed by atoms with Crippen LogP contribution in [0.3, 0.4) is 0 Å². The minimum absolute atomic E-state index is 0.183. The molecule has 1 heterocycles. The molecule has 1 unspecified atom stereocenters. The monoisotopic (exact) mass is 290 g/mol. The van der Waals surface area contributed by atoms with Gasteiger partial charge in [0.15, 0.2) is 0 Å². The van der Waals surface area contributed by atoms with Crippen LogP contribution in [0.15, 0.2) is 18.2 Å². The fourth-order valence-electron chi connectivity index (χ4n) is 2.99. The Hall–Kier alpha value is -1.51. The molecule has 0 spiro atoms. The number of fused-ring (bicyclic) bond motifs is 1. The zero-order chi connectivity index (χ0) is 15.1. The van der Waals surface area contributed by atoms with Crippen molar-refractivity contribution in [2.24, 2.45) is 0 Å². The number of carbonyl (C=O) groups excluding carboxylic acids is 1. The van der Waals surface area contributed by atoms with Crippen molar-refractivity contribution in [1.82, 2.24) is 0 Å². The van der Waals surface area contributed by atoms with Gasteiger partial charge in [-0.05, 0) is 25.0 Å². The molecule has 0 fully saturated rings. The van der Waals surface area contributed by atoms with Gasteiger partial charge in [0, 0.05) is 5.56 Å². The Morgan fingerprint density at radius 1 is 1.05 bits per heavy atom. The van der Waals surface area contributed by atoms with Crippen LogP contribution in [0.1, 0.15) is 86.7 Å². The summed E-state index contributed by atoms with van der Waals surface area (Å²) >= 11 is 0. The summed E-state index contributed by atoms with van der Waals surface area (Å²) < 4.78 is 5.37.